The van der Waals surface area contributed by atoms with Gasteiger partial charge in [-0.05, 0) is 48.9 Å². The van der Waals surface area contributed by atoms with E-state index in [0.29, 0.717) is 17.9 Å². The fourth-order valence-corrected chi connectivity index (χ4v) is 4.50. The second-order valence-corrected chi connectivity index (χ2v) is 9.04. The summed E-state index contributed by atoms with van der Waals surface area (Å²) < 4.78 is 6.94. The number of halogens is 1. The summed E-state index contributed by atoms with van der Waals surface area (Å²) >= 11 is 6.63. The second-order valence-electron chi connectivity index (χ2n) is 6.04. The van der Waals surface area contributed by atoms with Crippen molar-refractivity contribution >= 4 is 56.6 Å². The molecule has 0 radical (unpaired) electrons. The minimum Gasteiger partial charge on any atom is -0.462 e. The fraction of sp³-hybridized carbons (Fsp3) is 0.190. The predicted molar refractivity (Wildman–Crippen MR) is 121 cm³/mol. The van der Waals surface area contributed by atoms with Gasteiger partial charge in [-0.15, -0.1) is 11.3 Å². The Labute approximate surface area is 186 Å². The molecular formula is C21H19BrN2O3S2. The molecule has 1 aromatic heterocycles. The minimum atomic E-state index is -0.374. The van der Waals surface area contributed by atoms with Crippen LogP contribution in [0.4, 0.5) is 5.69 Å². The molecule has 0 bridgehead atoms. The number of nitrogens with one attached hydrogen (secondary N) is 1. The first-order valence-electron chi connectivity index (χ1n) is 8.92. The molecule has 0 aliphatic carbocycles. The van der Waals surface area contributed by atoms with Crippen LogP contribution in [0.5, 0.6) is 0 Å². The predicted octanol–water partition coefficient (Wildman–Crippen LogP) is 5.56. The summed E-state index contributed by atoms with van der Waals surface area (Å²) in [5.41, 5.74) is 3.05. The van der Waals surface area contributed by atoms with Gasteiger partial charge in [0.25, 0.3) is 0 Å². The van der Waals surface area contributed by atoms with Crippen LogP contribution in [0.2, 0.25) is 0 Å². The number of aromatic nitrogens is 1. The molecule has 0 fully saturated rings. The van der Waals surface area contributed by atoms with Crippen molar-refractivity contribution in [3.8, 4) is 0 Å². The zero-order valence-electron chi connectivity index (χ0n) is 15.7. The summed E-state index contributed by atoms with van der Waals surface area (Å²) in [4.78, 5) is 28.5. The van der Waals surface area contributed by atoms with Crippen LogP contribution in [0.15, 0.2) is 62.7 Å². The quantitative estimate of drug-likeness (QED) is 0.330. The van der Waals surface area contributed by atoms with E-state index in [-0.39, 0.29) is 18.3 Å². The van der Waals surface area contributed by atoms with Gasteiger partial charge in [-0.3, -0.25) is 4.79 Å². The molecule has 29 heavy (non-hydrogen) atoms. The lowest BCUT2D eigenvalue weighted by molar-refractivity contribution is -0.115. The lowest BCUT2D eigenvalue weighted by Gasteiger charge is -2.06. The number of esters is 1. The van der Waals surface area contributed by atoms with Crippen LogP contribution in [0, 0.1) is 0 Å². The van der Waals surface area contributed by atoms with E-state index in [1.54, 1.807) is 54.3 Å². The van der Waals surface area contributed by atoms with Crippen molar-refractivity contribution in [2.75, 3.05) is 11.9 Å². The van der Waals surface area contributed by atoms with Gasteiger partial charge in [-0.25, -0.2) is 9.78 Å². The third kappa shape index (κ3) is 6.69. The summed E-state index contributed by atoms with van der Waals surface area (Å²) in [6.07, 6.45) is 0.203. The monoisotopic (exact) mass is 490 g/mol. The van der Waals surface area contributed by atoms with Crippen molar-refractivity contribution in [3.63, 3.8) is 0 Å². The lowest BCUT2D eigenvalue weighted by Crippen LogP contribution is -2.14. The molecule has 0 saturated heterocycles. The highest BCUT2D eigenvalue weighted by molar-refractivity contribution is 9.10. The number of thioether (sulfide) groups is 1. The van der Waals surface area contributed by atoms with E-state index in [1.807, 2.05) is 17.5 Å². The van der Waals surface area contributed by atoms with E-state index < -0.39 is 0 Å². The Bertz CT molecular complexity index is 972. The lowest BCUT2D eigenvalue weighted by atomic mass is 10.2. The van der Waals surface area contributed by atoms with E-state index in [9.17, 15) is 9.59 Å². The van der Waals surface area contributed by atoms with E-state index >= 15 is 0 Å². The van der Waals surface area contributed by atoms with Crippen LogP contribution in [-0.2, 0) is 21.7 Å². The van der Waals surface area contributed by atoms with Crippen LogP contribution in [0.3, 0.4) is 0 Å². The molecular weight excluding hydrogens is 472 g/mol. The van der Waals surface area contributed by atoms with E-state index in [1.165, 1.54) is 5.56 Å². The first kappa shape index (κ1) is 21.5. The molecule has 0 unspecified atom stereocenters. The molecule has 0 atom stereocenters. The van der Waals surface area contributed by atoms with Gasteiger partial charge >= 0.3 is 5.97 Å². The van der Waals surface area contributed by atoms with Crippen molar-refractivity contribution in [2.45, 2.75) is 23.4 Å². The highest BCUT2D eigenvalue weighted by Gasteiger charge is 2.10. The van der Waals surface area contributed by atoms with E-state index in [2.05, 4.69) is 38.4 Å². The minimum absolute atomic E-state index is 0.149. The van der Waals surface area contributed by atoms with Crippen LogP contribution in [0.25, 0.3) is 0 Å². The summed E-state index contributed by atoms with van der Waals surface area (Å²) in [7, 11) is 0. The van der Waals surface area contributed by atoms with E-state index in [0.717, 1.165) is 20.3 Å². The normalized spacial score (nSPS) is 10.6. The number of ether oxygens (including phenoxy) is 1. The van der Waals surface area contributed by atoms with Gasteiger partial charge in [0, 0.05) is 21.3 Å². The molecule has 0 spiro atoms. The van der Waals surface area contributed by atoms with Crippen LogP contribution in [0.1, 0.15) is 28.5 Å². The Hall–Kier alpha value is -2.16. The summed E-state index contributed by atoms with van der Waals surface area (Å²) in [5.74, 6) is 0.309. The fourth-order valence-electron chi connectivity index (χ4n) is 2.44. The molecule has 150 valence electrons. The van der Waals surface area contributed by atoms with Crippen molar-refractivity contribution in [1.82, 2.24) is 4.98 Å². The number of benzene rings is 2. The number of carbonyl (C=O) groups excluding carboxylic acids is 2. The summed E-state index contributed by atoms with van der Waals surface area (Å²) in [5, 5.41) is 4.73. The van der Waals surface area contributed by atoms with Crippen molar-refractivity contribution in [3.05, 3.63) is 75.2 Å². The molecule has 8 heteroatoms. The van der Waals surface area contributed by atoms with Gasteiger partial charge in [-0.2, -0.15) is 0 Å². The summed E-state index contributed by atoms with van der Waals surface area (Å²) in [6, 6.07) is 14.8. The van der Waals surface area contributed by atoms with Crippen LogP contribution in [-0.4, -0.2) is 23.5 Å². The highest BCUT2D eigenvalue weighted by Crippen LogP contribution is 2.27. The smallest absolute Gasteiger partial charge is 0.338 e. The third-order valence-corrected chi connectivity index (χ3v) is 6.50. The average Bonchev–Trinajstić information content (AvgIpc) is 3.15. The van der Waals surface area contributed by atoms with Gasteiger partial charge in [0.05, 0.1) is 24.3 Å². The number of hydrogen-bond acceptors (Lipinski definition) is 6. The number of nitrogens with zero attached hydrogens (tertiary/aromatic N) is 1. The highest BCUT2D eigenvalue weighted by atomic mass is 79.9. The standard InChI is InChI=1S/C21H19BrN2O3S2/c1-2-27-20(26)15-5-9-17(10-6-15)23-19(25)11-18-13-29-21(24-18)28-12-14-3-7-16(22)8-4-14/h3-10,13H,2,11-12H2,1H3,(H,23,25). The Morgan fingerprint density at radius 3 is 2.55 bits per heavy atom. The molecule has 0 saturated carbocycles. The largest absolute Gasteiger partial charge is 0.462 e. The Morgan fingerprint density at radius 1 is 1.14 bits per heavy atom. The second kappa shape index (κ2) is 10.6. The molecule has 5 nitrogen and oxygen atoms in total. The molecule has 1 heterocycles. The zero-order valence-corrected chi connectivity index (χ0v) is 18.9. The molecule has 3 rings (SSSR count). The number of rotatable bonds is 8. The number of hydrogen-bond donors (Lipinski definition) is 1. The Balaban J connectivity index is 1.49. The molecule has 1 N–H and O–H groups in total. The maximum atomic E-state index is 12.3. The van der Waals surface area contributed by atoms with Crippen LogP contribution < -0.4 is 5.32 Å². The van der Waals surface area contributed by atoms with Crippen molar-refractivity contribution < 1.29 is 14.3 Å². The third-order valence-electron chi connectivity index (χ3n) is 3.83. The zero-order chi connectivity index (χ0) is 20.6. The van der Waals surface area contributed by atoms with Crippen molar-refractivity contribution in [2.24, 2.45) is 0 Å². The van der Waals surface area contributed by atoms with Gasteiger partial charge in [0.2, 0.25) is 5.91 Å². The molecule has 0 aliphatic heterocycles. The Morgan fingerprint density at radius 2 is 1.86 bits per heavy atom. The van der Waals surface area contributed by atoms with Gasteiger partial charge in [0.15, 0.2) is 0 Å². The first-order chi connectivity index (χ1) is 14.0. The average molecular weight is 491 g/mol. The van der Waals surface area contributed by atoms with Crippen LogP contribution >= 0.6 is 39.0 Å². The van der Waals surface area contributed by atoms with Gasteiger partial charge < -0.3 is 10.1 Å². The SMILES string of the molecule is CCOC(=O)c1ccc(NC(=O)Cc2csc(SCc3ccc(Br)cc3)n2)cc1. The van der Waals surface area contributed by atoms with Gasteiger partial charge in [0.1, 0.15) is 4.34 Å². The number of anilines is 1. The first-order valence-corrected chi connectivity index (χ1v) is 11.6. The van der Waals surface area contributed by atoms with Crippen molar-refractivity contribution in [1.29, 1.82) is 0 Å². The maximum absolute atomic E-state index is 12.3. The molecule has 2 aromatic carbocycles. The topological polar surface area (TPSA) is 68.3 Å². The number of thiazole rings is 1. The van der Waals surface area contributed by atoms with E-state index in [4.69, 9.17) is 4.74 Å². The summed E-state index contributed by atoms with van der Waals surface area (Å²) in [6.45, 7) is 2.09. The number of carbonyl (C=O) groups is 2. The maximum Gasteiger partial charge on any atom is 0.338 e. The van der Waals surface area contributed by atoms with Gasteiger partial charge in [-0.1, -0.05) is 39.8 Å². The molecule has 1 amide bonds. The Kier molecular flexibility index (Phi) is 7.85. The number of amides is 1. The molecule has 3 aromatic rings. The molecule has 0 aliphatic rings.